The minimum atomic E-state index is -0.0765. The van der Waals surface area contributed by atoms with Crippen molar-refractivity contribution in [2.45, 2.75) is 20.3 Å². The molecule has 0 fully saturated rings. The van der Waals surface area contributed by atoms with E-state index in [-0.39, 0.29) is 6.03 Å². The van der Waals surface area contributed by atoms with Crippen LogP contribution in [0.5, 0.6) is 0 Å². The highest BCUT2D eigenvalue weighted by Crippen LogP contribution is 1.83. The average molecular weight is 187 g/mol. The third-order valence-corrected chi connectivity index (χ3v) is 1.72. The van der Waals surface area contributed by atoms with Crippen LogP contribution in [-0.4, -0.2) is 44.2 Å². The quantitative estimate of drug-likeness (QED) is 0.641. The molecular formula is C9H21N3O. The molecule has 0 spiro atoms. The predicted molar refractivity (Wildman–Crippen MR) is 54.9 cm³/mol. The number of carbonyl (C=O) groups is 1. The predicted octanol–water partition coefficient (Wildman–Crippen LogP) is 0.647. The van der Waals surface area contributed by atoms with Gasteiger partial charge in [0.05, 0.1) is 0 Å². The van der Waals surface area contributed by atoms with E-state index in [9.17, 15) is 4.79 Å². The van der Waals surface area contributed by atoms with Crippen molar-refractivity contribution in [3.05, 3.63) is 0 Å². The zero-order valence-electron chi connectivity index (χ0n) is 8.89. The maximum absolute atomic E-state index is 10.9. The van der Waals surface area contributed by atoms with Crippen LogP contribution >= 0.6 is 0 Å². The molecule has 0 aliphatic heterocycles. The molecule has 0 aromatic rings. The summed E-state index contributed by atoms with van der Waals surface area (Å²) in [6, 6.07) is -0.0765. The van der Waals surface area contributed by atoms with Gasteiger partial charge in [0.25, 0.3) is 0 Å². The van der Waals surface area contributed by atoms with E-state index >= 15 is 0 Å². The highest BCUT2D eigenvalue weighted by Gasteiger charge is 1.98. The lowest BCUT2D eigenvalue weighted by Crippen LogP contribution is -2.39. The summed E-state index contributed by atoms with van der Waals surface area (Å²) < 4.78 is 0. The maximum atomic E-state index is 10.9. The molecule has 0 saturated carbocycles. The fraction of sp³-hybridized carbons (Fsp3) is 0.889. The number of urea groups is 1. The second-order valence-corrected chi connectivity index (χ2v) is 3.09. The van der Waals surface area contributed by atoms with Gasteiger partial charge in [-0.25, -0.2) is 4.79 Å². The van der Waals surface area contributed by atoms with Gasteiger partial charge in [0, 0.05) is 19.6 Å². The molecule has 0 unspecified atom stereocenters. The number of nitrogens with one attached hydrogen (secondary N) is 2. The summed E-state index contributed by atoms with van der Waals surface area (Å²) in [6.45, 7) is 7.43. The van der Waals surface area contributed by atoms with E-state index in [1.807, 2.05) is 6.92 Å². The molecule has 0 rings (SSSR count). The first-order valence-corrected chi connectivity index (χ1v) is 4.91. The van der Waals surface area contributed by atoms with Gasteiger partial charge in [0.1, 0.15) is 0 Å². The third kappa shape index (κ3) is 7.59. The van der Waals surface area contributed by atoms with Crippen LogP contribution < -0.4 is 10.6 Å². The second-order valence-electron chi connectivity index (χ2n) is 3.09. The third-order valence-electron chi connectivity index (χ3n) is 1.72. The molecule has 78 valence electrons. The van der Waals surface area contributed by atoms with E-state index in [4.69, 9.17) is 0 Å². The lowest BCUT2D eigenvalue weighted by Gasteiger charge is -2.15. The SMILES string of the molecule is CCCN(C)CCNC(=O)NCC. The van der Waals surface area contributed by atoms with Gasteiger partial charge in [0.15, 0.2) is 0 Å². The van der Waals surface area contributed by atoms with Gasteiger partial charge >= 0.3 is 6.03 Å². The second kappa shape index (κ2) is 7.86. The van der Waals surface area contributed by atoms with Gasteiger partial charge < -0.3 is 15.5 Å². The van der Waals surface area contributed by atoms with Crippen LogP contribution in [0.25, 0.3) is 0 Å². The first kappa shape index (κ1) is 12.2. The van der Waals surface area contributed by atoms with Crippen molar-refractivity contribution in [1.82, 2.24) is 15.5 Å². The summed E-state index contributed by atoms with van der Waals surface area (Å²) in [5, 5.41) is 5.46. The molecule has 0 aromatic heterocycles. The van der Waals surface area contributed by atoms with Crippen molar-refractivity contribution in [2.24, 2.45) is 0 Å². The lowest BCUT2D eigenvalue weighted by atomic mass is 10.4. The van der Waals surface area contributed by atoms with Crippen LogP contribution in [0, 0.1) is 0 Å². The van der Waals surface area contributed by atoms with Gasteiger partial charge in [-0.2, -0.15) is 0 Å². The van der Waals surface area contributed by atoms with E-state index in [0.717, 1.165) is 19.5 Å². The topological polar surface area (TPSA) is 44.4 Å². The molecule has 13 heavy (non-hydrogen) atoms. The number of nitrogens with zero attached hydrogens (tertiary/aromatic N) is 1. The minimum Gasteiger partial charge on any atom is -0.338 e. The molecule has 0 saturated heterocycles. The average Bonchev–Trinajstić information content (AvgIpc) is 2.05. The zero-order chi connectivity index (χ0) is 10.1. The van der Waals surface area contributed by atoms with Gasteiger partial charge in [-0.3, -0.25) is 0 Å². The minimum absolute atomic E-state index is 0.0765. The van der Waals surface area contributed by atoms with Crippen LogP contribution in [-0.2, 0) is 0 Å². The monoisotopic (exact) mass is 187 g/mol. The molecule has 0 aliphatic carbocycles. The van der Waals surface area contributed by atoms with E-state index in [1.165, 1.54) is 0 Å². The molecule has 0 atom stereocenters. The van der Waals surface area contributed by atoms with Crippen molar-refractivity contribution in [1.29, 1.82) is 0 Å². The first-order chi connectivity index (χ1) is 6.20. The van der Waals surface area contributed by atoms with Gasteiger partial charge in [-0.15, -0.1) is 0 Å². The molecule has 0 aliphatic rings. The summed E-state index contributed by atoms with van der Waals surface area (Å²) in [5.41, 5.74) is 0. The largest absolute Gasteiger partial charge is 0.338 e. The van der Waals surface area contributed by atoms with Crippen LogP contribution in [0.4, 0.5) is 4.79 Å². The van der Waals surface area contributed by atoms with Gasteiger partial charge in [-0.05, 0) is 26.9 Å². The lowest BCUT2D eigenvalue weighted by molar-refractivity contribution is 0.239. The molecular weight excluding hydrogens is 166 g/mol. The Hall–Kier alpha value is -0.770. The summed E-state index contributed by atoms with van der Waals surface area (Å²) in [6.07, 6.45) is 1.15. The van der Waals surface area contributed by atoms with Crippen molar-refractivity contribution in [3.8, 4) is 0 Å². The van der Waals surface area contributed by atoms with E-state index in [1.54, 1.807) is 0 Å². The number of amides is 2. The van der Waals surface area contributed by atoms with Crippen molar-refractivity contribution in [2.75, 3.05) is 33.2 Å². The molecule has 2 N–H and O–H groups in total. The molecule has 0 aromatic carbocycles. The molecule has 0 heterocycles. The van der Waals surface area contributed by atoms with Crippen LogP contribution in [0.15, 0.2) is 0 Å². The van der Waals surface area contributed by atoms with E-state index in [2.05, 4.69) is 29.5 Å². The molecule has 0 bridgehead atoms. The fourth-order valence-corrected chi connectivity index (χ4v) is 1.08. The Morgan fingerprint density at radius 2 is 1.92 bits per heavy atom. The summed E-state index contributed by atoms with van der Waals surface area (Å²) in [4.78, 5) is 13.1. The van der Waals surface area contributed by atoms with Crippen LogP contribution in [0.2, 0.25) is 0 Å². The molecule has 2 amide bonds. The van der Waals surface area contributed by atoms with Gasteiger partial charge in [0.2, 0.25) is 0 Å². The normalized spacial score (nSPS) is 10.2. The number of rotatable bonds is 6. The highest BCUT2D eigenvalue weighted by molar-refractivity contribution is 5.73. The highest BCUT2D eigenvalue weighted by atomic mass is 16.2. The molecule has 4 heteroatoms. The maximum Gasteiger partial charge on any atom is 0.314 e. The Kier molecular flexibility index (Phi) is 7.39. The van der Waals surface area contributed by atoms with Crippen molar-refractivity contribution < 1.29 is 4.79 Å². The number of likely N-dealkylation sites (N-methyl/N-ethyl adjacent to an activating group) is 1. The summed E-state index contributed by atoms with van der Waals surface area (Å²) in [5.74, 6) is 0. The van der Waals surface area contributed by atoms with E-state index < -0.39 is 0 Å². The summed E-state index contributed by atoms with van der Waals surface area (Å²) in [7, 11) is 2.06. The van der Waals surface area contributed by atoms with Crippen LogP contribution in [0.3, 0.4) is 0 Å². The number of hydrogen-bond donors (Lipinski definition) is 2. The standard InChI is InChI=1S/C9H21N3O/c1-4-7-12(3)8-6-11-9(13)10-5-2/h4-8H2,1-3H3,(H2,10,11,13). The Morgan fingerprint density at radius 1 is 1.23 bits per heavy atom. The zero-order valence-corrected chi connectivity index (χ0v) is 8.89. The Balaban J connectivity index is 3.28. The smallest absolute Gasteiger partial charge is 0.314 e. The van der Waals surface area contributed by atoms with Crippen LogP contribution in [0.1, 0.15) is 20.3 Å². The van der Waals surface area contributed by atoms with Gasteiger partial charge in [-0.1, -0.05) is 6.92 Å². The number of carbonyl (C=O) groups excluding carboxylic acids is 1. The number of hydrogen-bond acceptors (Lipinski definition) is 2. The first-order valence-electron chi connectivity index (χ1n) is 4.91. The van der Waals surface area contributed by atoms with Crippen molar-refractivity contribution >= 4 is 6.03 Å². The Bertz CT molecular complexity index is 139. The summed E-state index contributed by atoms with van der Waals surface area (Å²) >= 11 is 0. The molecule has 4 nitrogen and oxygen atoms in total. The fourth-order valence-electron chi connectivity index (χ4n) is 1.08. The Morgan fingerprint density at radius 3 is 2.46 bits per heavy atom. The van der Waals surface area contributed by atoms with E-state index in [0.29, 0.717) is 13.1 Å². The Labute approximate surface area is 80.7 Å². The van der Waals surface area contributed by atoms with Crippen molar-refractivity contribution in [3.63, 3.8) is 0 Å². The molecule has 0 radical (unpaired) electrons.